The van der Waals surface area contributed by atoms with E-state index in [2.05, 4.69) is 95.2 Å². The van der Waals surface area contributed by atoms with Crippen LogP contribution in [-0.4, -0.2) is 13.0 Å². The first kappa shape index (κ1) is 37.0. The molecule has 0 saturated carbocycles. The third-order valence-corrected chi connectivity index (χ3v) is 9.14. The van der Waals surface area contributed by atoms with Crippen molar-refractivity contribution in [1.82, 2.24) is 0 Å². The van der Waals surface area contributed by atoms with Gasteiger partial charge in [0.25, 0.3) is 0 Å². The Kier molecular flexibility index (Phi) is 10.6. The smallest absolute Gasteiger partial charge is 0.418 e. The van der Waals surface area contributed by atoms with Gasteiger partial charge in [-0.25, -0.2) is 4.42 Å². The van der Waals surface area contributed by atoms with Crippen LogP contribution in [0.25, 0.3) is 5.57 Å². The molecule has 1 aromatic rings. The quantitative estimate of drug-likeness (QED) is 0.111. The molecule has 0 bridgehead atoms. The van der Waals surface area contributed by atoms with Crippen LogP contribution >= 0.6 is 24.4 Å². The third-order valence-electron chi connectivity index (χ3n) is 6.79. The number of hydrogen-bond acceptors (Lipinski definition) is 4. The normalized spacial score (nSPS) is 18.0. The second kappa shape index (κ2) is 12.3. The number of thioether (sulfide) groups is 1. The summed E-state index contributed by atoms with van der Waals surface area (Å²) in [7, 11) is -6.00. The summed E-state index contributed by atoms with van der Waals surface area (Å²) in [6.07, 6.45) is 6.34. The molecule has 3 rings (SSSR count). The molecule has 10 heteroatoms. The fourth-order valence-electron chi connectivity index (χ4n) is 4.29. The van der Waals surface area contributed by atoms with Gasteiger partial charge in [-0.2, -0.15) is 0 Å². The number of thiol groups is 1. The Bertz CT molecular complexity index is 1420. The highest BCUT2D eigenvalue weighted by molar-refractivity contribution is 8.06. The van der Waals surface area contributed by atoms with Crippen LogP contribution in [0.15, 0.2) is 65.8 Å². The summed E-state index contributed by atoms with van der Waals surface area (Å²) in [6.45, 7) is 28.0. The van der Waals surface area contributed by atoms with Crippen molar-refractivity contribution in [3.8, 4) is 0 Å². The topological polar surface area (TPSA) is 54.4 Å². The van der Waals surface area contributed by atoms with Crippen molar-refractivity contribution in [3.05, 3.63) is 73.6 Å². The lowest BCUT2D eigenvalue weighted by Gasteiger charge is -2.32. The van der Waals surface area contributed by atoms with Crippen LogP contribution in [0.2, 0.25) is 0 Å². The molecule has 0 amide bonds. The molecule has 43 heavy (non-hydrogen) atoms. The van der Waals surface area contributed by atoms with Crippen LogP contribution in [0.3, 0.4) is 0 Å². The van der Waals surface area contributed by atoms with Crippen molar-refractivity contribution in [3.63, 3.8) is 0 Å². The molecule has 0 spiro atoms. The minimum atomic E-state index is -6.00. The Morgan fingerprint density at radius 1 is 0.860 bits per heavy atom. The molecule has 0 radical (unpaired) electrons. The van der Waals surface area contributed by atoms with Gasteiger partial charge >= 0.3 is 18.8 Å². The van der Waals surface area contributed by atoms with Crippen LogP contribution in [0, 0.1) is 10.8 Å². The molecule has 2 heterocycles. The van der Waals surface area contributed by atoms with Crippen LogP contribution in [0.1, 0.15) is 107 Å². The number of rotatable bonds is 2. The molecule has 3 nitrogen and oxygen atoms in total. The van der Waals surface area contributed by atoms with Crippen LogP contribution in [-0.2, 0) is 15.6 Å². The van der Waals surface area contributed by atoms with Crippen LogP contribution < -0.4 is 5.73 Å². The van der Waals surface area contributed by atoms with Crippen molar-refractivity contribution in [2.24, 2.45) is 16.6 Å². The molecule has 0 fully saturated rings. The highest BCUT2D eigenvalue weighted by Gasteiger charge is 2.40. The van der Waals surface area contributed by atoms with E-state index in [0.29, 0.717) is 16.8 Å². The molecule has 0 unspecified atom stereocenters. The Balaban J connectivity index is 0.00000119. The molecule has 0 atom stereocenters. The van der Waals surface area contributed by atoms with Crippen molar-refractivity contribution in [2.75, 3.05) is 0 Å². The lowest BCUT2D eigenvalue weighted by molar-refractivity contribution is -0.112. The first-order valence-corrected chi connectivity index (χ1v) is 15.5. The van der Waals surface area contributed by atoms with Gasteiger partial charge in [0.2, 0.25) is 0 Å². The summed E-state index contributed by atoms with van der Waals surface area (Å²) < 4.78 is 45.4. The molecule has 0 saturated heterocycles. The fraction of sp³-hybridized carbons (Fsp3) is 0.515. The van der Waals surface area contributed by atoms with Gasteiger partial charge in [-0.1, -0.05) is 53.3 Å². The summed E-state index contributed by atoms with van der Waals surface area (Å²) in [4.78, 5) is 16.9. The van der Waals surface area contributed by atoms with Gasteiger partial charge in [0.15, 0.2) is 5.78 Å². The summed E-state index contributed by atoms with van der Waals surface area (Å²) in [5.74, 6) is 1.63. The minimum Gasteiger partial charge on any atom is -0.418 e. The second-order valence-electron chi connectivity index (χ2n) is 15.1. The summed E-state index contributed by atoms with van der Waals surface area (Å²) in [6, 6.07) is 2.02. The fourth-order valence-corrected chi connectivity index (χ4v) is 6.14. The molecular weight excluding hydrogens is 593 g/mol. The van der Waals surface area contributed by atoms with Gasteiger partial charge < -0.3 is 23.0 Å². The maximum absolute atomic E-state index is 13.6. The highest BCUT2D eigenvalue weighted by atomic mass is 32.2. The molecular formula is C33H46BF4NO2S2. The Hall–Kier alpha value is -2.20. The van der Waals surface area contributed by atoms with E-state index in [1.165, 1.54) is 9.81 Å². The maximum atomic E-state index is 13.6. The molecule has 2 N–H and O–H groups in total. The monoisotopic (exact) mass is 639 g/mol. The van der Waals surface area contributed by atoms with Gasteiger partial charge in [-0.05, 0) is 98.5 Å². The van der Waals surface area contributed by atoms with E-state index in [9.17, 15) is 22.1 Å². The van der Waals surface area contributed by atoms with Crippen molar-refractivity contribution in [1.29, 1.82) is 0 Å². The molecule has 238 valence electrons. The number of ketones is 1. The summed E-state index contributed by atoms with van der Waals surface area (Å²) in [5.41, 5.74) is 10.6. The van der Waals surface area contributed by atoms with Crippen molar-refractivity contribution >= 4 is 43.0 Å². The van der Waals surface area contributed by atoms with E-state index in [1.807, 2.05) is 30.8 Å². The summed E-state index contributed by atoms with van der Waals surface area (Å²) in [5, 5.41) is 0. The predicted molar refractivity (Wildman–Crippen MR) is 178 cm³/mol. The van der Waals surface area contributed by atoms with E-state index in [-0.39, 0.29) is 27.4 Å². The van der Waals surface area contributed by atoms with Crippen LogP contribution in [0.4, 0.5) is 17.3 Å². The Labute approximate surface area is 264 Å². The van der Waals surface area contributed by atoms with Gasteiger partial charge in [0.1, 0.15) is 4.90 Å². The molecule has 2 aliphatic rings. The van der Waals surface area contributed by atoms with Gasteiger partial charge in [-0.3, -0.25) is 4.79 Å². The van der Waals surface area contributed by atoms with Gasteiger partial charge in [-0.15, -0.1) is 12.6 Å². The lowest BCUT2D eigenvalue weighted by atomic mass is 9.79. The van der Waals surface area contributed by atoms with Gasteiger partial charge in [0, 0.05) is 22.8 Å². The molecule has 0 aromatic carbocycles. The minimum absolute atomic E-state index is 0.0105. The first-order valence-electron chi connectivity index (χ1n) is 14.2. The average Bonchev–Trinajstić information content (AvgIpc) is 2.79. The molecule has 1 aromatic heterocycles. The van der Waals surface area contributed by atoms with E-state index in [1.54, 1.807) is 0 Å². The zero-order chi connectivity index (χ0) is 33.7. The number of carbonyl (C=O) groups is 1. The Morgan fingerprint density at radius 2 is 1.30 bits per heavy atom. The zero-order valence-corrected chi connectivity index (χ0v) is 29.4. The largest absolute Gasteiger partial charge is 0.673 e. The number of Topliss-reactive ketones (excluding diaryl/α,β-unsaturated/α-hetero) is 1. The number of nitrogens with two attached hydrogens (primary N) is 1. The SMILES string of the molecule is CC(=C1C(=O)C(C=C2C=C(C(C)(C)C)SC(C(C)(C)C)=C2)=C1N)c1cc(C(C)(C)C)[o+]c(C(C)(C)C)c1S.F[B-](F)(F)F. The second-order valence-corrected chi connectivity index (χ2v) is 16.6. The van der Waals surface area contributed by atoms with E-state index >= 15 is 0 Å². The summed E-state index contributed by atoms with van der Waals surface area (Å²) >= 11 is 6.72. The van der Waals surface area contributed by atoms with Crippen molar-refractivity contribution < 1.29 is 26.5 Å². The predicted octanol–water partition coefficient (Wildman–Crippen LogP) is 10.8. The maximum Gasteiger partial charge on any atom is 0.673 e. The Morgan fingerprint density at radius 3 is 1.65 bits per heavy atom. The zero-order valence-electron chi connectivity index (χ0n) is 27.6. The highest BCUT2D eigenvalue weighted by Crippen LogP contribution is 2.49. The van der Waals surface area contributed by atoms with Crippen LogP contribution in [0.5, 0.6) is 0 Å². The number of hydrogen-bond donors (Lipinski definition) is 2. The molecule has 1 aliphatic heterocycles. The van der Waals surface area contributed by atoms with E-state index < -0.39 is 7.25 Å². The standard InChI is InChI=1S/C33H45NO2S2.BF4/c1-18(20-17-22(30(2,3)4)36-29(28(20)37)33(11,12)13)25-26(34)21(27(25)35)14-19-15-23(31(5,6)7)38-24(16-19)32(8,9)10;2-1(3,4)5/h14-17H,1-13H3,(H2-,34,35,37);/q;-1/p+1. The van der Waals surface area contributed by atoms with E-state index in [4.69, 9.17) is 22.8 Å². The van der Waals surface area contributed by atoms with Crippen molar-refractivity contribution in [2.45, 2.75) is 106 Å². The average molecular weight is 640 g/mol. The lowest BCUT2D eigenvalue weighted by Crippen LogP contribution is -2.28. The number of halogens is 4. The molecule has 1 aliphatic carbocycles. The third kappa shape index (κ3) is 9.40. The number of carbonyl (C=O) groups excluding carboxylic acids is 1. The first-order chi connectivity index (χ1) is 19.0. The van der Waals surface area contributed by atoms with Gasteiger partial charge in [0.05, 0.1) is 16.5 Å². The number of allylic oxidation sites excluding steroid dienone is 9. The van der Waals surface area contributed by atoms with E-state index in [0.717, 1.165) is 33.1 Å².